The molecule has 0 aromatic heterocycles. The number of rotatable bonds is 5. The third-order valence-electron chi connectivity index (χ3n) is 4.52. The fourth-order valence-corrected chi connectivity index (χ4v) is 5.11. The lowest BCUT2D eigenvalue weighted by molar-refractivity contribution is 0.163. The minimum atomic E-state index is -3.17. The number of hydrogen-bond donors (Lipinski definition) is 0. The predicted octanol–water partition coefficient (Wildman–Crippen LogP) is 1.89. The summed E-state index contributed by atoms with van der Waals surface area (Å²) in [5, 5.41) is 0. The molecule has 1 aromatic carbocycles. The Morgan fingerprint density at radius 1 is 1.29 bits per heavy atom. The Morgan fingerprint density at radius 2 is 2.05 bits per heavy atom. The number of hydrogen-bond acceptors (Lipinski definition) is 4. The Morgan fingerprint density at radius 3 is 2.76 bits per heavy atom. The van der Waals surface area contributed by atoms with Crippen LogP contribution < -0.4 is 9.47 Å². The summed E-state index contributed by atoms with van der Waals surface area (Å²) in [7, 11) is -1.56. The maximum Gasteiger partial charge on any atom is 0.211 e. The van der Waals surface area contributed by atoms with Gasteiger partial charge in [-0.3, -0.25) is 0 Å². The highest BCUT2D eigenvalue weighted by atomic mass is 32.2. The van der Waals surface area contributed by atoms with Gasteiger partial charge in [0.1, 0.15) is 18.1 Å². The third kappa shape index (κ3) is 2.87. The van der Waals surface area contributed by atoms with Crippen LogP contribution in [0.25, 0.3) is 0 Å². The van der Waals surface area contributed by atoms with Crippen LogP contribution in [-0.4, -0.2) is 44.8 Å². The van der Waals surface area contributed by atoms with Crippen molar-refractivity contribution >= 4 is 10.0 Å². The van der Waals surface area contributed by atoms with Crippen molar-refractivity contribution in [2.45, 2.75) is 31.3 Å². The topological polar surface area (TPSA) is 55.8 Å². The highest BCUT2D eigenvalue weighted by Gasteiger charge is 2.50. The molecule has 1 aliphatic heterocycles. The molecule has 21 heavy (non-hydrogen) atoms. The van der Waals surface area contributed by atoms with Crippen molar-refractivity contribution in [3.8, 4) is 11.5 Å². The molecule has 1 aromatic rings. The molecule has 1 saturated carbocycles. The van der Waals surface area contributed by atoms with Crippen molar-refractivity contribution < 1.29 is 17.9 Å². The van der Waals surface area contributed by atoms with Crippen molar-refractivity contribution in [1.29, 1.82) is 0 Å². The van der Waals surface area contributed by atoms with Gasteiger partial charge in [0.15, 0.2) is 0 Å². The Bertz CT molecular complexity index is 616. The minimum Gasteiger partial charge on any atom is -0.497 e. The molecule has 3 rings (SSSR count). The number of nitrogens with zero attached hydrogens (tertiary/aromatic N) is 1. The van der Waals surface area contributed by atoms with E-state index in [0.717, 1.165) is 25.0 Å². The summed E-state index contributed by atoms with van der Waals surface area (Å²) in [6, 6.07) is 7.53. The molecule has 0 N–H and O–H groups in total. The standard InChI is InChI=1S/C15H21NO4S/c1-19-13-4-3-5-14(9-13)20-10-15-11-6-7-12(8-11)16(15)21(2,17)18/h3-5,9,11-12,15H,6-8,10H2,1-2H3/t11-,12-,15-/m0/s1. The zero-order valence-corrected chi connectivity index (χ0v) is 13.2. The second-order valence-corrected chi connectivity index (χ2v) is 7.76. The fraction of sp³-hybridized carbons (Fsp3) is 0.600. The van der Waals surface area contributed by atoms with Crippen LogP contribution in [0.2, 0.25) is 0 Å². The van der Waals surface area contributed by atoms with E-state index in [9.17, 15) is 8.42 Å². The summed E-state index contributed by atoms with van der Waals surface area (Å²) in [6.45, 7) is 0.404. The second-order valence-electron chi connectivity index (χ2n) is 5.88. The number of ether oxygens (including phenoxy) is 2. The van der Waals surface area contributed by atoms with E-state index in [0.29, 0.717) is 18.3 Å². The Labute approximate surface area is 125 Å². The molecular weight excluding hydrogens is 290 g/mol. The molecule has 5 nitrogen and oxygen atoms in total. The quantitative estimate of drug-likeness (QED) is 0.833. The Hall–Kier alpha value is -1.27. The number of methoxy groups -OCH3 is 1. The average molecular weight is 311 g/mol. The second kappa shape index (κ2) is 5.50. The monoisotopic (exact) mass is 311 g/mol. The van der Waals surface area contributed by atoms with Crippen LogP contribution >= 0.6 is 0 Å². The SMILES string of the molecule is COc1cccc(OC[C@H]2[C@H]3CC[C@@H](C3)N2S(C)(=O)=O)c1. The Kier molecular flexibility index (Phi) is 3.84. The normalized spacial score (nSPS) is 28.8. The molecule has 2 fully saturated rings. The largest absolute Gasteiger partial charge is 0.497 e. The van der Waals surface area contributed by atoms with Gasteiger partial charge in [-0.05, 0) is 37.3 Å². The van der Waals surface area contributed by atoms with E-state index in [1.165, 1.54) is 6.26 Å². The molecule has 0 amide bonds. The van der Waals surface area contributed by atoms with E-state index >= 15 is 0 Å². The van der Waals surface area contributed by atoms with Crippen molar-refractivity contribution in [2.24, 2.45) is 5.92 Å². The highest BCUT2D eigenvalue weighted by molar-refractivity contribution is 7.88. The minimum absolute atomic E-state index is 0.0371. The first kappa shape index (κ1) is 14.7. The number of sulfonamides is 1. The van der Waals surface area contributed by atoms with Gasteiger partial charge in [-0.15, -0.1) is 0 Å². The summed E-state index contributed by atoms with van der Waals surface area (Å²) in [6.07, 6.45) is 4.35. The van der Waals surface area contributed by atoms with E-state index in [-0.39, 0.29) is 12.1 Å². The summed E-state index contributed by atoms with van der Waals surface area (Å²) < 4.78 is 36.6. The van der Waals surface area contributed by atoms with Gasteiger partial charge in [0.05, 0.1) is 19.4 Å². The van der Waals surface area contributed by atoms with Gasteiger partial charge in [-0.1, -0.05) is 6.07 Å². The molecule has 2 bridgehead atoms. The van der Waals surface area contributed by atoms with E-state index in [1.807, 2.05) is 24.3 Å². The number of piperidine rings is 1. The molecule has 1 saturated heterocycles. The van der Waals surface area contributed by atoms with Gasteiger partial charge in [0.2, 0.25) is 10.0 Å². The van der Waals surface area contributed by atoms with Gasteiger partial charge in [0, 0.05) is 12.1 Å². The van der Waals surface area contributed by atoms with Crippen molar-refractivity contribution in [3.05, 3.63) is 24.3 Å². The summed E-state index contributed by atoms with van der Waals surface area (Å²) in [5.74, 6) is 1.88. The maximum absolute atomic E-state index is 12.0. The van der Waals surface area contributed by atoms with Crippen LogP contribution in [0.15, 0.2) is 24.3 Å². The predicted molar refractivity (Wildman–Crippen MR) is 80.1 cm³/mol. The molecule has 6 heteroatoms. The third-order valence-corrected chi connectivity index (χ3v) is 5.86. The van der Waals surface area contributed by atoms with Crippen molar-refractivity contribution in [3.63, 3.8) is 0 Å². The van der Waals surface area contributed by atoms with Gasteiger partial charge < -0.3 is 9.47 Å². The molecule has 1 heterocycles. The van der Waals surface area contributed by atoms with Crippen LogP contribution in [0.1, 0.15) is 19.3 Å². The first-order valence-corrected chi connectivity index (χ1v) is 9.09. The highest BCUT2D eigenvalue weighted by Crippen LogP contribution is 2.43. The number of fused-ring (bicyclic) bond motifs is 2. The first-order valence-electron chi connectivity index (χ1n) is 7.24. The van der Waals surface area contributed by atoms with Gasteiger partial charge in [-0.25, -0.2) is 8.42 Å². The zero-order chi connectivity index (χ0) is 15.0. The lowest BCUT2D eigenvalue weighted by atomic mass is 10.0. The van der Waals surface area contributed by atoms with E-state index in [2.05, 4.69) is 0 Å². The summed E-state index contributed by atoms with van der Waals surface area (Å²) in [4.78, 5) is 0. The fourth-order valence-electron chi connectivity index (χ4n) is 3.65. The molecule has 116 valence electrons. The molecule has 0 spiro atoms. The van der Waals surface area contributed by atoms with Crippen molar-refractivity contribution in [2.75, 3.05) is 20.0 Å². The molecular formula is C15H21NO4S. The molecule has 0 unspecified atom stereocenters. The number of benzene rings is 1. The smallest absolute Gasteiger partial charge is 0.211 e. The lowest BCUT2D eigenvalue weighted by Gasteiger charge is -2.33. The van der Waals surface area contributed by atoms with Gasteiger partial charge in [0.25, 0.3) is 0 Å². The Balaban J connectivity index is 1.71. The average Bonchev–Trinajstić information content (AvgIpc) is 3.05. The van der Waals surface area contributed by atoms with Crippen LogP contribution in [0.4, 0.5) is 0 Å². The van der Waals surface area contributed by atoms with Crippen molar-refractivity contribution in [1.82, 2.24) is 4.31 Å². The van der Waals surface area contributed by atoms with Crippen LogP contribution in [0, 0.1) is 5.92 Å². The molecule has 2 aliphatic rings. The van der Waals surface area contributed by atoms with Crippen LogP contribution in [0.3, 0.4) is 0 Å². The zero-order valence-electron chi connectivity index (χ0n) is 12.4. The summed E-state index contributed by atoms with van der Waals surface area (Å²) >= 11 is 0. The van der Waals surface area contributed by atoms with Gasteiger partial charge in [-0.2, -0.15) is 4.31 Å². The molecule has 3 atom stereocenters. The van der Waals surface area contributed by atoms with Crippen LogP contribution in [0.5, 0.6) is 11.5 Å². The van der Waals surface area contributed by atoms with Crippen LogP contribution in [-0.2, 0) is 10.0 Å². The molecule has 1 aliphatic carbocycles. The van der Waals surface area contributed by atoms with Gasteiger partial charge >= 0.3 is 0 Å². The first-order chi connectivity index (χ1) is 9.99. The van der Waals surface area contributed by atoms with E-state index in [4.69, 9.17) is 9.47 Å². The lowest BCUT2D eigenvalue weighted by Crippen LogP contribution is -2.47. The van der Waals surface area contributed by atoms with E-state index < -0.39 is 10.0 Å². The van der Waals surface area contributed by atoms with E-state index in [1.54, 1.807) is 11.4 Å². The maximum atomic E-state index is 12.0. The molecule has 0 radical (unpaired) electrons. The summed E-state index contributed by atoms with van der Waals surface area (Å²) in [5.41, 5.74) is 0.